The number of carbonyl (C=O) groups is 1. The van der Waals surface area contributed by atoms with Gasteiger partial charge in [-0.25, -0.2) is 4.98 Å². The number of carbonyl (C=O) groups excluding carboxylic acids is 1. The van der Waals surface area contributed by atoms with Gasteiger partial charge in [-0.05, 0) is 25.5 Å². The fourth-order valence-electron chi connectivity index (χ4n) is 2.79. The third-order valence-electron chi connectivity index (χ3n) is 3.91. The van der Waals surface area contributed by atoms with Gasteiger partial charge in [0.15, 0.2) is 5.13 Å². The molecular weight excluding hydrogens is 330 g/mol. The van der Waals surface area contributed by atoms with Crippen LogP contribution in [0.5, 0.6) is 0 Å². The second-order valence-electron chi connectivity index (χ2n) is 5.48. The van der Waals surface area contributed by atoms with Crippen LogP contribution in [0, 0.1) is 0 Å². The molecule has 9 heteroatoms. The zero-order valence-corrected chi connectivity index (χ0v) is 13.5. The first-order valence-electron chi connectivity index (χ1n) is 7.59. The molecule has 1 N–H and O–H groups in total. The molecule has 1 atom stereocenters. The molecule has 0 saturated carbocycles. The van der Waals surface area contributed by atoms with Crippen LogP contribution in [0.1, 0.15) is 18.7 Å². The van der Waals surface area contributed by atoms with Crippen molar-refractivity contribution in [3.8, 4) is 11.4 Å². The first kappa shape index (κ1) is 15.0. The second kappa shape index (κ2) is 6.54. The maximum absolute atomic E-state index is 12.4. The van der Waals surface area contributed by atoms with Gasteiger partial charge in [-0.15, -0.1) is 11.3 Å². The summed E-state index contributed by atoms with van der Waals surface area (Å²) in [7, 11) is 0. The Morgan fingerprint density at radius 1 is 1.50 bits per heavy atom. The molecule has 1 aliphatic heterocycles. The molecule has 1 saturated heterocycles. The molecule has 0 spiro atoms. The molecule has 3 aromatic heterocycles. The van der Waals surface area contributed by atoms with E-state index in [0.29, 0.717) is 23.4 Å². The summed E-state index contributed by atoms with van der Waals surface area (Å²) >= 11 is 1.41. The first-order chi connectivity index (χ1) is 11.8. The van der Waals surface area contributed by atoms with Crippen molar-refractivity contribution in [3.05, 3.63) is 36.1 Å². The third-order valence-corrected chi connectivity index (χ3v) is 4.60. The maximum atomic E-state index is 12.4. The molecule has 1 aliphatic rings. The van der Waals surface area contributed by atoms with Gasteiger partial charge in [0.25, 0.3) is 0 Å². The summed E-state index contributed by atoms with van der Waals surface area (Å²) in [5, 5.41) is 9.25. The fraction of sp³-hybridized carbons (Fsp3) is 0.333. The van der Waals surface area contributed by atoms with Gasteiger partial charge < -0.3 is 14.3 Å². The number of thiazole rings is 1. The first-order valence-corrected chi connectivity index (χ1v) is 8.47. The van der Waals surface area contributed by atoms with Gasteiger partial charge in [0.05, 0.1) is 24.4 Å². The Labute approximate surface area is 141 Å². The highest BCUT2D eigenvalue weighted by atomic mass is 32.1. The number of anilines is 1. The summed E-state index contributed by atoms with van der Waals surface area (Å²) in [6, 6.07) is 1.56. The van der Waals surface area contributed by atoms with Gasteiger partial charge in [-0.2, -0.15) is 4.98 Å². The average Bonchev–Trinajstić information content (AvgIpc) is 3.36. The van der Waals surface area contributed by atoms with Crippen molar-refractivity contribution in [2.24, 2.45) is 0 Å². The monoisotopic (exact) mass is 345 g/mol. The van der Waals surface area contributed by atoms with E-state index >= 15 is 0 Å². The number of hydrogen-bond acceptors (Lipinski definition) is 8. The van der Waals surface area contributed by atoms with E-state index in [2.05, 4.69) is 25.3 Å². The Balaban J connectivity index is 1.42. The van der Waals surface area contributed by atoms with Crippen LogP contribution >= 0.6 is 11.3 Å². The summed E-state index contributed by atoms with van der Waals surface area (Å²) in [5.74, 6) is 0.930. The molecule has 1 fully saturated rings. The molecule has 4 rings (SSSR count). The number of hydrogen-bond donors (Lipinski definition) is 1. The number of aromatic nitrogens is 3. The minimum Gasteiger partial charge on any atom is -0.472 e. The van der Waals surface area contributed by atoms with E-state index in [4.69, 9.17) is 8.94 Å². The largest absolute Gasteiger partial charge is 0.472 e. The molecule has 0 aromatic carbocycles. The van der Waals surface area contributed by atoms with Crippen LogP contribution in [-0.2, 0) is 11.3 Å². The summed E-state index contributed by atoms with van der Waals surface area (Å²) in [5.41, 5.74) is 0.768. The Morgan fingerprint density at radius 3 is 3.25 bits per heavy atom. The zero-order chi connectivity index (χ0) is 16.4. The average molecular weight is 345 g/mol. The molecule has 8 nitrogen and oxygen atoms in total. The molecule has 1 amide bonds. The van der Waals surface area contributed by atoms with Crippen LogP contribution in [0.4, 0.5) is 5.13 Å². The van der Waals surface area contributed by atoms with E-state index in [9.17, 15) is 4.79 Å². The SMILES string of the molecule is O=C(Nc1nccs1)[C@H]1CCCN1Cc1nc(-c2ccoc2)no1. The lowest BCUT2D eigenvalue weighted by atomic mass is 10.2. The zero-order valence-electron chi connectivity index (χ0n) is 12.7. The lowest BCUT2D eigenvalue weighted by molar-refractivity contribution is -0.120. The maximum Gasteiger partial charge on any atom is 0.243 e. The van der Waals surface area contributed by atoms with E-state index in [1.54, 1.807) is 24.8 Å². The number of amides is 1. The van der Waals surface area contributed by atoms with Crippen LogP contribution in [0.3, 0.4) is 0 Å². The lowest BCUT2D eigenvalue weighted by Crippen LogP contribution is -2.39. The van der Waals surface area contributed by atoms with Gasteiger partial charge in [0, 0.05) is 11.6 Å². The Morgan fingerprint density at radius 2 is 2.46 bits per heavy atom. The van der Waals surface area contributed by atoms with Gasteiger partial charge in [-0.3, -0.25) is 9.69 Å². The quantitative estimate of drug-likeness (QED) is 0.758. The van der Waals surface area contributed by atoms with E-state index in [1.165, 1.54) is 11.3 Å². The summed E-state index contributed by atoms with van der Waals surface area (Å²) in [4.78, 5) is 22.9. The molecule has 24 heavy (non-hydrogen) atoms. The molecule has 0 bridgehead atoms. The summed E-state index contributed by atoms with van der Waals surface area (Å²) < 4.78 is 10.3. The van der Waals surface area contributed by atoms with Crippen molar-refractivity contribution >= 4 is 22.4 Å². The molecule has 124 valence electrons. The minimum atomic E-state index is -0.210. The molecule has 0 radical (unpaired) electrons. The normalized spacial score (nSPS) is 18.1. The predicted molar refractivity (Wildman–Crippen MR) is 86.2 cm³/mol. The van der Waals surface area contributed by atoms with Crippen molar-refractivity contribution in [2.45, 2.75) is 25.4 Å². The molecule has 0 aliphatic carbocycles. The van der Waals surface area contributed by atoms with Gasteiger partial charge in [-0.1, -0.05) is 5.16 Å². The van der Waals surface area contributed by atoms with Crippen LogP contribution < -0.4 is 5.32 Å². The van der Waals surface area contributed by atoms with Crippen LogP contribution in [0.2, 0.25) is 0 Å². The number of nitrogens with zero attached hydrogens (tertiary/aromatic N) is 4. The number of likely N-dealkylation sites (tertiary alicyclic amines) is 1. The Kier molecular flexibility index (Phi) is 4.09. The predicted octanol–water partition coefficient (Wildman–Crippen LogP) is 2.39. The summed E-state index contributed by atoms with van der Waals surface area (Å²) in [6.45, 7) is 1.26. The number of furan rings is 1. The Bertz CT molecular complexity index is 799. The standard InChI is InChI=1S/C15H15N5O3S/c21-14(18-15-16-4-7-24-15)11-2-1-5-20(11)8-12-17-13(19-23-12)10-3-6-22-9-10/h3-4,6-7,9,11H,1-2,5,8H2,(H,16,18,21)/t11-/m1/s1. The highest BCUT2D eigenvalue weighted by Gasteiger charge is 2.32. The van der Waals surface area contributed by atoms with Crippen LogP contribution in [0.25, 0.3) is 11.4 Å². The van der Waals surface area contributed by atoms with Crippen molar-refractivity contribution in [1.29, 1.82) is 0 Å². The van der Waals surface area contributed by atoms with Gasteiger partial charge >= 0.3 is 0 Å². The van der Waals surface area contributed by atoms with Crippen LogP contribution in [-0.4, -0.2) is 38.5 Å². The topological polar surface area (TPSA) is 97.3 Å². The van der Waals surface area contributed by atoms with Crippen molar-refractivity contribution < 1.29 is 13.7 Å². The third kappa shape index (κ3) is 3.08. The molecule has 0 unspecified atom stereocenters. The minimum absolute atomic E-state index is 0.0444. The highest BCUT2D eigenvalue weighted by Crippen LogP contribution is 2.23. The molecule has 3 aromatic rings. The Hall–Kier alpha value is -2.52. The number of nitrogens with one attached hydrogen (secondary N) is 1. The van der Waals surface area contributed by atoms with E-state index in [-0.39, 0.29) is 11.9 Å². The smallest absolute Gasteiger partial charge is 0.243 e. The van der Waals surface area contributed by atoms with E-state index in [1.807, 2.05) is 5.38 Å². The molecule has 4 heterocycles. The van der Waals surface area contributed by atoms with Crippen LogP contribution in [0.15, 0.2) is 39.1 Å². The molecular formula is C15H15N5O3S. The van der Waals surface area contributed by atoms with Crippen molar-refractivity contribution in [2.75, 3.05) is 11.9 Å². The summed E-state index contributed by atoms with van der Waals surface area (Å²) in [6.07, 6.45) is 6.56. The number of rotatable bonds is 5. The van der Waals surface area contributed by atoms with E-state index in [0.717, 1.165) is 24.9 Å². The van der Waals surface area contributed by atoms with Gasteiger partial charge in [0.2, 0.25) is 17.6 Å². The lowest BCUT2D eigenvalue weighted by Gasteiger charge is -2.21. The fourth-order valence-corrected chi connectivity index (χ4v) is 3.32. The van der Waals surface area contributed by atoms with Crippen molar-refractivity contribution in [1.82, 2.24) is 20.0 Å². The highest BCUT2D eigenvalue weighted by molar-refractivity contribution is 7.13. The van der Waals surface area contributed by atoms with Gasteiger partial charge in [0.1, 0.15) is 6.26 Å². The van der Waals surface area contributed by atoms with E-state index < -0.39 is 0 Å². The van der Waals surface area contributed by atoms with Crippen molar-refractivity contribution in [3.63, 3.8) is 0 Å². The second-order valence-corrected chi connectivity index (χ2v) is 6.37.